The molecule has 1 unspecified atom stereocenters. The van der Waals surface area contributed by atoms with Crippen molar-refractivity contribution in [2.75, 3.05) is 40.4 Å². The molecule has 104 valence electrons. The number of likely N-dealkylation sites (N-methyl/N-ethyl adjacent to an activating group) is 1. The van der Waals surface area contributed by atoms with E-state index in [0.29, 0.717) is 0 Å². The van der Waals surface area contributed by atoms with Crippen LogP contribution in [0.2, 0.25) is 0 Å². The third-order valence-electron chi connectivity index (χ3n) is 3.14. The van der Waals surface area contributed by atoms with Gasteiger partial charge in [-0.05, 0) is 19.9 Å². The Morgan fingerprint density at radius 1 is 1.44 bits per heavy atom. The van der Waals surface area contributed by atoms with Crippen molar-refractivity contribution in [3.63, 3.8) is 0 Å². The Morgan fingerprint density at radius 2 is 2.06 bits per heavy atom. The van der Waals surface area contributed by atoms with Gasteiger partial charge in [-0.1, -0.05) is 0 Å². The van der Waals surface area contributed by atoms with Gasteiger partial charge in [0.25, 0.3) is 5.91 Å². The van der Waals surface area contributed by atoms with Crippen LogP contribution in [0.1, 0.15) is 12.8 Å². The van der Waals surface area contributed by atoms with Gasteiger partial charge in [-0.15, -0.1) is 0 Å². The van der Waals surface area contributed by atoms with Crippen LogP contribution in [0.3, 0.4) is 0 Å². The van der Waals surface area contributed by atoms with Crippen LogP contribution in [-0.4, -0.2) is 68.1 Å². The van der Waals surface area contributed by atoms with Crippen LogP contribution < -0.4 is 11.3 Å². The maximum atomic E-state index is 12.0. The van der Waals surface area contributed by atoms with Gasteiger partial charge in [0.15, 0.2) is 0 Å². The number of hydrogen-bond donors (Lipinski definition) is 2. The Hall–Kier alpha value is -1.18. The number of hydrogen-bond acceptors (Lipinski definition) is 5. The van der Waals surface area contributed by atoms with Gasteiger partial charge in [-0.3, -0.25) is 19.9 Å². The van der Waals surface area contributed by atoms with Crippen molar-refractivity contribution in [1.29, 1.82) is 0 Å². The molecule has 1 heterocycles. The predicted octanol–water partition coefficient (Wildman–Crippen LogP) is -1.45. The third-order valence-corrected chi connectivity index (χ3v) is 3.14. The molecule has 0 aromatic rings. The van der Waals surface area contributed by atoms with E-state index in [1.165, 1.54) is 7.11 Å². The van der Waals surface area contributed by atoms with Gasteiger partial charge >= 0.3 is 0 Å². The average Bonchev–Trinajstić information content (AvgIpc) is 2.88. The van der Waals surface area contributed by atoms with E-state index in [1.807, 2.05) is 4.90 Å². The van der Waals surface area contributed by atoms with Crippen LogP contribution in [0.5, 0.6) is 0 Å². The van der Waals surface area contributed by atoms with Gasteiger partial charge in [0.1, 0.15) is 6.04 Å². The lowest BCUT2D eigenvalue weighted by Crippen LogP contribution is -2.52. The van der Waals surface area contributed by atoms with E-state index in [0.717, 1.165) is 25.9 Å². The molecule has 1 atom stereocenters. The quantitative estimate of drug-likeness (QED) is 0.345. The molecule has 0 aromatic carbocycles. The van der Waals surface area contributed by atoms with E-state index < -0.39 is 6.04 Å². The first kappa shape index (κ1) is 14.9. The van der Waals surface area contributed by atoms with Crippen LogP contribution in [0.15, 0.2) is 0 Å². The highest BCUT2D eigenvalue weighted by molar-refractivity contribution is 5.83. The number of amides is 2. The highest BCUT2D eigenvalue weighted by Crippen LogP contribution is 2.08. The normalized spacial score (nSPS) is 17.0. The summed E-state index contributed by atoms with van der Waals surface area (Å²) in [4.78, 5) is 27.0. The minimum Gasteiger partial charge on any atom is -0.383 e. The lowest BCUT2D eigenvalue weighted by molar-refractivity contribution is -0.134. The highest BCUT2D eigenvalue weighted by Gasteiger charge is 2.26. The van der Waals surface area contributed by atoms with Crippen molar-refractivity contribution in [1.82, 2.24) is 15.2 Å². The second-order valence-electron chi connectivity index (χ2n) is 4.48. The minimum absolute atomic E-state index is 0.0425. The topological polar surface area (TPSA) is 87.9 Å². The van der Waals surface area contributed by atoms with Crippen LogP contribution in [0.25, 0.3) is 0 Å². The van der Waals surface area contributed by atoms with Gasteiger partial charge in [-0.2, -0.15) is 0 Å². The number of ether oxygens (including phenoxy) is 1. The second kappa shape index (κ2) is 7.30. The number of nitrogens with one attached hydrogen (secondary N) is 1. The van der Waals surface area contributed by atoms with Crippen LogP contribution in [0.4, 0.5) is 0 Å². The van der Waals surface area contributed by atoms with E-state index in [4.69, 9.17) is 10.6 Å². The van der Waals surface area contributed by atoms with Crippen LogP contribution in [-0.2, 0) is 14.3 Å². The van der Waals surface area contributed by atoms with Gasteiger partial charge in [-0.25, -0.2) is 5.84 Å². The van der Waals surface area contributed by atoms with Gasteiger partial charge in [0, 0.05) is 20.2 Å². The zero-order chi connectivity index (χ0) is 13.5. The standard InChI is InChI=1S/C11H22N4O3/c1-14(9(8-18-2)11(17)13-12)7-10(16)15-5-3-4-6-15/h9H,3-8,12H2,1-2H3,(H,13,17). The molecule has 1 rings (SSSR count). The monoisotopic (exact) mass is 258 g/mol. The van der Waals surface area contributed by atoms with Crippen LogP contribution >= 0.6 is 0 Å². The smallest absolute Gasteiger partial charge is 0.253 e. The summed E-state index contributed by atoms with van der Waals surface area (Å²) in [5.74, 6) is 4.81. The van der Waals surface area contributed by atoms with Gasteiger partial charge in [0.2, 0.25) is 5.91 Å². The zero-order valence-electron chi connectivity index (χ0n) is 11.0. The number of hydrazine groups is 1. The Bertz CT molecular complexity index is 292. The third kappa shape index (κ3) is 3.94. The molecule has 1 aliphatic rings. The minimum atomic E-state index is -0.549. The van der Waals surface area contributed by atoms with E-state index >= 15 is 0 Å². The Morgan fingerprint density at radius 3 is 2.56 bits per heavy atom. The van der Waals surface area contributed by atoms with E-state index in [1.54, 1.807) is 11.9 Å². The molecule has 0 saturated carbocycles. The molecule has 0 aromatic heterocycles. The molecule has 0 bridgehead atoms. The maximum absolute atomic E-state index is 12.0. The first-order valence-electron chi connectivity index (χ1n) is 6.07. The molecular weight excluding hydrogens is 236 g/mol. The summed E-state index contributed by atoms with van der Waals surface area (Å²) >= 11 is 0. The number of likely N-dealkylation sites (tertiary alicyclic amines) is 1. The van der Waals surface area contributed by atoms with Gasteiger partial charge in [0.05, 0.1) is 13.2 Å². The molecule has 3 N–H and O–H groups in total. The molecule has 1 aliphatic heterocycles. The maximum Gasteiger partial charge on any atom is 0.253 e. The largest absolute Gasteiger partial charge is 0.383 e. The number of rotatable bonds is 6. The lowest BCUT2D eigenvalue weighted by atomic mass is 10.2. The van der Waals surface area contributed by atoms with Gasteiger partial charge < -0.3 is 9.64 Å². The van der Waals surface area contributed by atoms with E-state index in [2.05, 4.69) is 5.43 Å². The summed E-state index contributed by atoms with van der Waals surface area (Å²) in [6.07, 6.45) is 2.11. The molecule has 1 saturated heterocycles. The van der Waals surface area contributed by atoms with Crippen molar-refractivity contribution in [2.24, 2.45) is 5.84 Å². The van der Waals surface area contributed by atoms with Crippen LogP contribution in [0, 0.1) is 0 Å². The first-order chi connectivity index (χ1) is 8.60. The van der Waals surface area contributed by atoms with Crippen molar-refractivity contribution >= 4 is 11.8 Å². The number of nitrogens with zero attached hydrogens (tertiary/aromatic N) is 2. The fraction of sp³-hybridized carbons (Fsp3) is 0.818. The molecule has 7 nitrogen and oxygen atoms in total. The van der Waals surface area contributed by atoms with Crippen molar-refractivity contribution in [3.05, 3.63) is 0 Å². The number of methoxy groups -OCH3 is 1. The number of carbonyl (C=O) groups excluding carboxylic acids is 2. The number of nitrogens with two attached hydrogens (primary N) is 1. The van der Waals surface area contributed by atoms with E-state index in [-0.39, 0.29) is 25.0 Å². The summed E-state index contributed by atoms with van der Waals surface area (Å²) in [6, 6.07) is -0.549. The summed E-state index contributed by atoms with van der Waals surface area (Å²) in [5.41, 5.74) is 2.09. The molecule has 1 fully saturated rings. The first-order valence-corrected chi connectivity index (χ1v) is 6.07. The molecule has 0 spiro atoms. The lowest BCUT2D eigenvalue weighted by Gasteiger charge is -2.27. The summed E-state index contributed by atoms with van der Waals surface area (Å²) in [5, 5.41) is 0. The average molecular weight is 258 g/mol. The highest BCUT2D eigenvalue weighted by atomic mass is 16.5. The van der Waals surface area contributed by atoms with Crippen molar-refractivity contribution in [2.45, 2.75) is 18.9 Å². The number of carbonyl (C=O) groups is 2. The Labute approximate surface area is 107 Å². The summed E-state index contributed by atoms with van der Waals surface area (Å²) < 4.78 is 4.97. The fourth-order valence-electron chi connectivity index (χ4n) is 2.05. The summed E-state index contributed by atoms with van der Waals surface area (Å²) in [6.45, 7) is 2.02. The fourth-order valence-corrected chi connectivity index (χ4v) is 2.05. The van der Waals surface area contributed by atoms with Crippen molar-refractivity contribution in [3.8, 4) is 0 Å². The molecule has 2 amide bonds. The molecule has 0 aliphatic carbocycles. The second-order valence-corrected chi connectivity index (χ2v) is 4.48. The van der Waals surface area contributed by atoms with Crippen molar-refractivity contribution < 1.29 is 14.3 Å². The molecular formula is C11H22N4O3. The predicted molar refractivity (Wildman–Crippen MR) is 66.4 cm³/mol. The molecule has 7 heteroatoms. The SMILES string of the molecule is COCC(C(=O)NN)N(C)CC(=O)N1CCCC1. The molecule has 0 radical (unpaired) electrons. The molecule has 18 heavy (non-hydrogen) atoms. The Balaban J connectivity index is 2.51. The zero-order valence-corrected chi connectivity index (χ0v) is 11.0. The van der Waals surface area contributed by atoms with E-state index in [9.17, 15) is 9.59 Å². The Kier molecular flexibility index (Phi) is 6.03. The summed E-state index contributed by atoms with van der Waals surface area (Å²) in [7, 11) is 3.22.